The third kappa shape index (κ3) is 4.99. The van der Waals surface area contributed by atoms with E-state index in [0.717, 1.165) is 0 Å². The lowest BCUT2D eigenvalue weighted by Gasteiger charge is -2.60. The second kappa shape index (κ2) is 10.8. The standard InChI is InChI=1S/C32H37FN2O10/c1-29(2)44-26-13-21-20-12-23(33)22-11-19(36)8-9-30(22,3)28(20)24(37)14-31(21,4)32(26,45-29)25(38)16-42-27(39)10-17-6-5-7-18(34-17)15-43-35(40)41/h5-9,11,20-21,23-24,26,28,37H,10,12-16H2,1-4H3/t20?,21?,23-,24-,26+,28?,30-,31-,32+/m0/s1. The highest BCUT2D eigenvalue weighted by Gasteiger charge is 2.77. The second-order valence-electron chi connectivity index (χ2n) is 13.8. The predicted octanol–water partition coefficient (Wildman–Crippen LogP) is 3.17. The van der Waals surface area contributed by atoms with Crippen LogP contribution in [0.3, 0.4) is 0 Å². The normalized spacial score (nSPS) is 39.2. The predicted molar refractivity (Wildman–Crippen MR) is 152 cm³/mol. The van der Waals surface area contributed by atoms with Gasteiger partial charge in [0.2, 0.25) is 5.78 Å². The average Bonchev–Trinajstić information content (AvgIpc) is 3.37. The van der Waals surface area contributed by atoms with Crippen LogP contribution in [-0.4, -0.2) is 69.1 Å². The molecule has 0 amide bonds. The summed E-state index contributed by atoms with van der Waals surface area (Å²) in [6, 6.07) is 4.64. The number of carbonyl (C=O) groups is 3. The summed E-state index contributed by atoms with van der Waals surface area (Å²) < 4.78 is 34.0. The molecule has 0 aromatic carbocycles. The van der Waals surface area contributed by atoms with Crippen LogP contribution in [0.2, 0.25) is 0 Å². The molecule has 3 saturated carbocycles. The molecule has 5 aliphatic rings. The Labute approximate surface area is 259 Å². The highest BCUT2D eigenvalue weighted by molar-refractivity contribution is 6.01. The molecule has 0 spiro atoms. The summed E-state index contributed by atoms with van der Waals surface area (Å²) in [5, 5.41) is 21.3. The largest absolute Gasteiger partial charge is 0.457 e. The minimum absolute atomic E-state index is 0.0959. The molecule has 2 heterocycles. The number of aliphatic hydroxyl groups is 1. The molecule has 0 radical (unpaired) electrons. The van der Waals surface area contributed by atoms with Gasteiger partial charge in [-0.15, -0.1) is 10.1 Å². The Hall–Kier alpha value is -3.55. The van der Waals surface area contributed by atoms with E-state index in [-0.39, 0.29) is 60.8 Å². The summed E-state index contributed by atoms with van der Waals surface area (Å²) in [6.45, 7) is 6.15. The number of halogens is 1. The summed E-state index contributed by atoms with van der Waals surface area (Å²) in [4.78, 5) is 58.2. The maximum absolute atomic E-state index is 15.8. The monoisotopic (exact) mass is 628 g/mol. The summed E-state index contributed by atoms with van der Waals surface area (Å²) in [7, 11) is 0. The maximum Gasteiger partial charge on any atom is 0.312 e. The minimum Gasteiger partial charge on any atom is -0.457 e. The van der Waals surface area contributed by atoms with E-state index in [1.165, 1.54) is 18.2 Å². The minimum atomic E-state index is -1.56. The molecule has 1 saturated heterocycles. The van der Waals surface area contributed by atoms with Gasteiger partial charge in [0, 0.05) is 16.7 Å². The SMILES string of the molecule is CC1(C)O[C@@H]2CC3C4C[C@H](F)C5=CC(=O)C=C[C@]5(C)C4[C@@H](O)C[C@]3(C)[C@]2(C(=O)COC(=O)Cc2cccc(CO[N+](=O)[O-])n2)O1. The van der Waals surface area contributed by atoms with Crippen LogP contribution in [0, 0.1) is 38.7 Å². The zero-order valence-corrected chi connectivity index (χ0v) is 25.6. The lowest BCUT2D eigenvalue weighted by molar-refractivity contribution is -0.763. The molecule has 1 aliphatic heterocycles. The van der Waals surface area contributed by atoms with Crippen LogP contribution in [0.15, 0.2) is 42.0 Å². The van der Waals surface area contributed by atoms with Gasteiger partial charge in [-0.25, -0.2) is 4.39 Å². The van der Waals surface area contributed by atoms with Crippen LogP contribution in [0.25, 0.3) is 0 Å². The molecule has 4 fully saturated rings. The van der Waals surface area contributed by atoms with Gasteiger partial charge in [-0.2, -0.15) is 0 Å². The number of hydrogen-bond donors (Lipinski definition) is 1. The first-order chi connectivity index (χ1) is 21.1. The summed E-state index contributed by atoms with van der Waals surface area (Å²) in [6.07, 6.45) is 1.82. The molecule has 13 heteroatoms. The first kappa shape index (κ1) is 31.4. The number of carbonyl (C=O) groups excluding carboxylic acids is 3. The Bertz CT molecular complexity index is 1510. The molecule has 6 rings (SSSR count). The van der Waals surface area contributed by atoms with Gasteiger partial charge in [0.15, 0.2) is 23.8 Å². The number of ketones is 2. The summed E-state index contributed by atoms with van der Waals surface area (Å²) >= 11 is 0. The number of allylic oxidation sites excluding steroid dienone is 4. The molecular formula is C32H37FN2O10. The van der Waals surface area contributed by atoms with Gasteiger partial charge >= 0.3 is 5.97 Å². The lowest BCUT2D eigenvalue weighted by atomic mass is 9.46. The lowest BCUT2D eigenvalue weighted by Crippen LogP contribution is -2.64. The van der Waals surface area contributed by atoms with Gasteiger partial charge in [0.25, 0.3) is 5.09 Å². The molecule has 9 atom stereocenters. The first-order valence-corrected chi connectivity index (χ1v) is 15.2. The van der Waals surface area contributed by atoms with Crippen molar-refractivity contribution in [1.82, 2.24) is 4.98 Å². The Morgan fingerprint density at radius 2 is 1.93 bits per heavy atom. The maximum atomic E-state index is 15.8. The van der Waals surface area contributed by atoms with Crippen LogP contribution in [-0.2, 0) is 46.5 Å². The van der Waals surface area contributed by atoms with Crippen molar-refractivity contribution in [2.45, 2.75) is 89.8 Å². The first-order valence-electron chi connectivity index (χ1n) is 15.2. The van der Waals surface area contributed by atoms with Crippen molar-refractivity contribution in [3.05, 3.63) is 63.5 Å². The molecular weight excluding hydrogens is 591 g/mol. The van der Waals surface area contributed by atoms with Gasteiger partial charge in [-0.1, -0.05) is 26.0 Å². The zero-order valence-electron chi connectivity index (χ0n) is 25.6. The molecule has 1 aromatic rings. The van der Waals surface area contributed by atoms with Crippen molar-refractivity contribution in [2.24, 2.45) is 28.6 Å². The number of nitrogens with zero attached hydrogens (tertiary/aromatic N) is 2. The highest BCUT2D eigenvalue weighted by atomic mass is 19.1. The van der Waals surface area contributed by atoms with E-state index in [1.54, 1.807) is 32.1 Å². The zero-order chi connectivity index (χ0) is 32.5. The Morgan fingerprint density at radius 3 is 2.67 bits per heavy atom. The van der Waals surface area contributed by atoms with E-state index in [9.17, 15) is 29.6 Å². The number of aliphatic hydroxyl groups excluding tert-OH is 1. The van der Waals surface area contributed by atoms with E-state index in [2.05, 4.69) is 9.82 Å². The molecule has 1 aromatic heterocycles. The van der Waals surface area contributed by atoms with Gasteiger partial charge in [0.1, 0.15) is 12.8 Å². The number of alkyl halides is 1. The smallest absolute Gasteiger partial charge is 0.312 e. The average molecular weight is 629 g/mol. The number of aromatic nitrogens is 1. The van der Waals surface area contributed by atoms with Crippen LogP contribution < -0.4 is 0 Å². The van der Waals surface area contributed by atoms with Gasteiger partial charge in [-0.05, 0) is 74.8 Å². The van der Waals surface area contributed by atoms with Gasteiger partial charge < -0.3 is 24.2 Å². The van der Waals surface area contributed by atoms with Crippen molar-refractivity contribution in [3.63, 3.8) is 0 Å². The third-order valence-corrected chi connectivity index (χ3v) is 10.8. The highest BCUT2D eigenvalue weighted by Crippen LogP contribution is 2.70. The van der Waals surface area contributed by atoms with Crippen molar-refractivity contribution >= 4 is 17.5 Å². The molecule has 4 aliphatic carbocycles. The van der Waals surface area contributed by atoms with E-state index in [0.29, 0.717) is 12.0 Å². The molecule has 242 valence electrons. The van der Waals surface area contributed by atoms with E-state index in [4.69, 9.17) is 14.2 Å². The van der Waals surface area contributed by atoms with E-state index in [1.807, 2.05) is 13.8 Å². The number of hydrogen-bond acceptors (Lipinski definition) is 11. The van der Waals surface area contributed by atoms with Crippen molar-refractivity contribution in [2.75, 3.05) is 6.61 Å². The van der Waals surface area contributed by atoms with E-state index >= 15 is 4.39 Å². The van der Waals surface area contributed by atoms with Crippen LogP contribution >= 0.6 is 0 Å². The summed E-state index contributed by atoms with van der Waals surface area (Å²) in [5.74, 6) is -3.64. The van der Waals surface area contributed by atoms with Crippen LogP contribution in [0.4, 0.5) is 4.39 Å². The number of rotatable bonds is 8. The number of esters is 1. The van der Waals surface area contributed by atoms with Gasteiger partial charge in [-0.3, -0.25) is 19.4 Å². The summed E-state index contributed by atoms with van der Waals surface area (Å²) in [5.41, 5.74) is -2.49. The van der Waals surface area contributed by atoms with Crippen molar-refractivity contribution in [1.29, 1.82) is 0 Å². The number of ether oxygens (including phenoxy) is 3. The third-order valence-electron chi connectivity index (χ3n) is 10.8. The molecule has 0 bridgehead atoms. The van der Waals surface area contributed by atoms with Crippen molar-refractivity contribution < 1.29 is 48.0 Å². The fraction of sp³-hybridized carbons (Fsp3) is 0.625. The fourth-order valence-corrected chi connectivity index (χ4v) is 9.21. The number of Topliss-reactive ketones (excluding diaryl/α,β-unsaturated/α-hetero) is 1. The quantitative estimate of drug-likeness (QED) is 0.255. The molecule has 3 unspecified atom stereocenters. The Balaban J connectivity index is 1.24. The fourth-order valence-electron chi connectivity index (χ4n) is 9.21. The van der Waals surface area contributed by atoms with Crippen molar-refractivity contribution in [3.8, 4) is 0 Å². The molecule has 1 N–H and O–H groups in total. The Morgan fingerprint density at radius 1 is 1.20 bits per heavy atom. The number of fused-ring (bicyclic) bond motifs is 7. The van der Waals surface area contributed by atoms with E-state index < -0.39 is 64.0 Å². The topological polar surface area (TPSA) is 164 Å². The molecule has 12 nitrogen and oxygen atoms in total. The van der Waals surface area contributed by atoms with Crippen LogP contribution in [0.1, 0.15) is 58.3 Å². The van der Waals surface area contributed by atoms with Gasteiger partial charge in [0.05, 0.1) is 30.0 Å². The van der Waals surface area contributed by atoms with Crippen LogP contribution in [0.5, 0.6) is 0 Å². The molecule has 45 heavy (non-hydrogen) atoms. The Kier molecular flexibility index (Phi) is 7.52. The number of pyridine rings is 1. The second-order valence-corrected chi connectivity index (χ2v) is 13.8.